The molecule has 0 unspecified atom stereocenters. The lowest BCUT2D eigenvalue weighted by Crippen LogP contribution is -2.36. The highest BCUT2D eigenvalue weighted by molar-refractivity contribution is 5.26. The number of rotatable bonds is 4. The third-order valence-corrected chi connectivity index (χ3v) is 2.93. The average Bonchev–Trinajstić information content (AvgIpc) is 1.87. The predicted molar refractivity (Wildman–Crippen MR) is 52.3 cm³/mol. The molecule has 0 amide bonds. The minimum absolute atomic E-state index is 0.00299. The molecule has 0 atom stereocenters. The molecule has 0 aromatic rings. The standard InChI is InChI=1S/C10H21N/c1-7-8-9(2,3)10(4,5)11-6/h6-8H2,1-5H3. The van der Waals surface area contributed by atoms with Crippen molar-refractivity contribution in [1.82, 2.24) is 0 Å². The van der Waals surface area contributed by atoms with E-state index in [9.17, 15) is 0 Å². The van der Waals surface area contributed by atoms with E-state index in [4.69, 9.17) is 0 Å². The van der Waals surface area contributed by atoms with E-state index in [-0.39, 0.29) is 11.0 Å². The number of aliphatic imine (C=N–C) groups is 1. The zero-order valence-electron chi connectivity index (χ0n) is 8.57. The summed E-state index contributed by atoms with van der Waals surface area (Å²) in [6.07, 6.45) is 2.42. The van der Waals surface area contributed by atoms with E-state index in [1.54, 1.807) is 0 Å². The Hall–Kier alpha value is -0.330. The lowest BCUT2D eigenvalue weighted by molar-refractivity contribution is 0.188. The lowest BCUT2D eigenvalue weighted by Gasteiger charge is -2.38. The molecule has 0 heterocycles. The molecule has 0 saturated carbocycles. The molecule has 1 nitrogen and oxygen atoms in total. The number of hydrogen-bond donors (Lipinski definition) is 0. The summed E-state index contributed by atoms with van der Waals surface area (Å²) in [4.78, 5) is 4.16. The molecule has 0 aliphatic carbocycles. The Bertz CT molecular complexity index is 134. The van der Waals surface area contributed by atoms with Crippen LogP contribution in [0.25, 0.3) is 0 Å². The Kier molecular flexibility index (Phi) is 3.28. The maximum Gasteiger partial charge on any atom is 0.0595 e. The van der Waals surface area contributed by atoms with Gasteiger partial charge in [-0.05, 0) is 32.4 Å². The van der Waals surface area contributed by atoms with Crippen LogP contribution in [-0.2, 0) is 0 Å². The number of nitrogens with zero attached hydrogens (tertiary/aromatic N) is 1. The minimum Gasteiger partial charge on any atom is -0.294 e. The van der Waals surface area contributed by atoms with Gasteiger partial charge in [0.25, 0.3) is 0 Å². The molecule has 0 aromatic heterocycles. The van der Waals surface area contributed by atoms with Crippen LogP contribution in [0.2, 0.25) is 0 Å². The van der Waals surface area contributed by atoms with Gasteiger partial charge < -0.3 is 0 Å². The van der Waals surface area contributed by atoms with Crippen molar-refractivity contribution < 1.29 is 0 Å². The summed E-state index contributed by atoms with van der Waals surface area (Å²) < 4.78 is 0. The van der Waals surface area contributed by atoms with Gasteiger partial charge in [0, 0.05) is 0 Å². The van der Waals surface area contributed by atoms with Gasteiger partial charge in [-0.25, -0.2) is 0 Å². The van der Waals surface area contributed by atoms with Crippen LogP contribution in [0, 0.1) is 5.41 Å². The van der Waals surface area contributed by atoms with Crippen LogP contribution in [0.4, 0.5) is 0 Å². The van der Waals surface area contributed by atoms with E-state index in [1.165, 1.54) is 12.8 Å². The average molecular weight is 155 g/mol. The first-order valence-corrected chi connectivity index (χ1v) is 4.35. The smallest absolute Gasteiger partial charge is 0.0595 e. The fourth-order valence-corrected chi connectivity index (χ4v) is 1.14. The molecule has 11 heavy (non-hydrogen) atoms. The van der Waals surface area contributed by atoms with Gasteiger partial charge >= 0.3 is 0 Å². The van der Waals surface area contributed by atoms with Gasteiger partial charge in [-0.3, -0.25) is 4.99 Å². The third-order valence-electron chi connectivity index (χ3n) is 2.93. The molecule has 0 saturated heterocycles. The maximum absolute atomic E-state index is 4.16. The fraction of sp³-hybridized carbons (Fsp3) is 0.900. The Morgan fingerprint density at radius 3 is 1.91 bits per heavy atom. The quantitative estimate of drug-likeness (QED) is 0.552. The summed E-state index contributed by atoms with van der Waals surface area (Å²) in [5, 5.41) is 0. The Labute approximate surface area is 70.9 Å². The summed E-state index contributed by atoms with van der Waals surface area (Å²) in [5.74, 6) is 0. The Balaban J connectivity index is 4.38. The summed E-state index contributed by atoms with van der Waals surface area (Å²) in [7, 11) is 0. The van der Waals surface area contributed by atoms with Crippen LogP contribution in [-0.4, -0.2) is 12.3 Å². The highest BCUT2D eigenvalue weighted by Crippen LogP contribution is 2.37. The van der Waals surface area contributed by atoms with E-state index in [0.717, 1.165) is 0 Å². The van der Waals surface area contributed by atoms with Crippen LogP contribution in [0.5, 0.6) is 0 Å². The zero-order valence-corrected chi connectivity index (χ0v) is 8.57. The van der Waals surface area contributed by atoms with E-state index in [1.807, 2.05) is 0 Å². The van der Waals surface area contributed by atoms with Gasteiger partial charge in [0.2, 0.25) is 0 Å². The molecule has 0 aromatic carbocycles. The van der Waals surface area contributed by atoms with Crippen molar-refractivity contribution in [3.63, 3.8) is 0 Å². The molecular formula is C10H21N. The summed E-state index contributed by atoms with van der Waals surface area (Å²) in [6, 6.07) is 0. The van der Waals surface area contributed by atoms with Gasteiger partial charge in [-0.1, -0.05) is 27.2 Å². The van der Waals surface area contributed by atoms with Crippen LogP contribution in [0.15, 0.2) is 4.99 Å². The van der Waals surface area contributed by atoms with Crippen molar-refractivity contribution in [3.8, 4) is 0 Å². The summed E-state index contributed by atoms with van der Waals surface area (Å²) in [5.41, 5.74) is 0.270. The second-order valence-corrected chi connectivity index (χ2v) is 4.35. The van der Waals surface area contributed by atoms with E-state index in [0.29, 0.717) is 0 Å². The van der Waals surface area contributed by atoms with Crippen molar-refractivity contribution in [3.05, 3.63) is 0 Å². The van der Waals surface area contributed by atoms with Gasteiger partial charge in [-0.2, -0.15) is 0 Å². The molecule has 0 aliphatic heterocycles. The van der Waals surface area contributed by atoms with Crippen LogP contribution in [0.3, 0.4) is 0 Å². The molecule has 0 fully saturated rings. The molecule has 0 spiro atoms. The highest BCUT2D eigenvalue weighted by atomic mass is 14.8. The number of hydrogen-bond acceptors (Lipinski definition) is 1. The summed E-state index contributed by atoms with van der Waals surface area (Å²) in [6.45, 7) is 14.6. The van der Waals surface area contributed by atoms with Gasteiger partial charge in [0.1, 0.15) is 0 Å². The monoisotopic (exact) mass is 155 g/mol. The molecule has 0 radical (unpaired) electrons. The Morgan fingerprint density at radius 1 is 1.18 bits per heavy atom. The molecule has 0 rings (SSSR count). The Morgan fingerprint density at radius 2 is 1.64 bits per heavy atom. The molecule has 1 heteroatoms. The van der Waals surface area contributed by atoms with E-state index in [2.05, 4.69) is 46.3 Å². The predicted octanol–water partition coefficient (Wildman–Crippen LogP) is 3.29. The van der Waals surface area contributed by atoms with Gasteiger partial charge in [-0.15, -0.1) is 0 Å². The molecule has 0 aliphatic rings. The molecule has 66 valence electrons. The molecular weight excluding hydrogens is 134 g/mol. The van der Waals surface area contributed by atoms with Crippen molar-refractivity contribution in [2.24, 2.45) is 10.4 Å². The first-order valence-electron chi connectivity index (χ1n) is 4.35. The first kappa shape index (κ1) is 10.7. The van der Waals surface area contributed by atoms with Crippen molar-refractivity contribution in [2.45, 2.75) is 53.0 Å². The van der Waals surface area contributed by atoms with Crippen molar-refractivity contribution in [2.75, 3.05) is 0 Å². The topological polar surface area (TPSA) is 12.4 Å². The van der Waals surface area contributed by atoms with E-state index < -0.39 is 0 Å². The molecule has 0 N–H and O–H groups in total. The van der Waals surface area contributed by atoms with Crippen LogP contribution < -0.4 is 0 Å². The van der Waals surface area contributed by atoms with Crippen molar-refractivity contribution in [1.29, 1.82) is 0 Å². The van der Waals surface area contributed by atoms with Crippen LogP contribution >= 0.6 is 0 Å². The maximum atomic E-state index is 4.16. The third kappa shape index (κ3) is 2.32. The SMILES string of the molecule is C=NC(C)(C)C(C)(C)CCC. The zero-order chi connectivity index (χ0) is 9.12. The largest absolute Gasteiger partial charge is 0.294 e. The highest BCUT2D eigenvalue weighted by Gasteiger charge is 2.34. The normalized spacial score (nSPS) is 13.2. The first-order chi connectivity index (χ1) is 4.87. The summed E-state index contributed by atoms with van der Waals surface area (Å²) >= 11 is 0. The van der Waals surface area contributed by atoms with E-state index >= 15 is 0 Å². The second kappa shape index (κ2) is 3.38. The second-order valence-electron chi connectivity index (χ2n) is 4.35. The lowest BCUT2D eigenvalue weighted by atomic mass is 9.72. The molecule has 0 bridgehead atoms. The van der Waals surface area contributed by atoms with Gasteiger partial charge in [0.05, 0.1) is 5.54 Å². The minimum atomic E-state index is 0.00299. The fourth-order valence-electron chi connectivity index (χ4n) is 1.14. The van der Waals surface area contributed by atoms with Crippen LogP contribution in [0.1, 0.15) is 47.5 Å². The van der Waals surface area contributed by atoms with Gasteiger partial charge in [0.15, 0.2) is 0 Å². The van der Waals surface area contributed by atoms with Crippen molar-refractivity contribution >= 4 is 6.72 Å².